The van der Waals surface area contributed by atoms with Crippen LogP contribution in [0.15, 0.2) is 83.9 Å². The van der Waals surface area contributed by atoms with Crippen molar-refractivity contribution in [1.82, 2.24) is 14.6 Å². The summed E-state index contributed by atoms with van der Waals surface area (Å²) in [5.41, 5.74) is 2.75. The predicted molar refractivity (Wildman–Crippen MR) is 168 cm³/mol. The fraction of sp³-hybridized carbons (Fsp3) is 0.333. The van der Waals surface area contributed by atoms with E-state index in [9.17, 15) is 18.0 Å². The average molecular weight is 603 g/mol. The number of ether oxygens (including phenoxy) is 1. The van der Waals surface area contributed by atoms with Gasteiger partial charge in [-0.2, -0.15) is 0 Å². The number of hydrogen-bond donors (Lipinski definition) is 2. The SMILES string of the molecule is COc1ccc(C(C(=O)NC2CCCCC2)N(C(=O)Cc2c[nH]c3ccccc23)c2ccc(S(=O)(=O)N(C)C)cc2)cc1. The molecule has 43 heavy (non-hydrogen) atoms. The van der Waals surface area contributed by atoms with Gasteiger partial charge in [0.2, 0.25) is 21.8 Å². The zero-order valence-corrected chi connectivity index (χ0v) is 25.6. The van der Waals surface area contributed by atoms with E-state index in [1.54, 1.807) is 43.5 Å². The van der Waals surface area contributed by atoms with Crippen molar-refractivity contribution >= 4 is 38.4 Å². The Labute approximate surface area is 252 Å². The van der Waals surface area contributed by atoms with Crippen LogP contribution in [-0.2, 0) is 26.0 Å². The summed E-state index contributed by atoms with van der Waals surface area (Å²) in [5.74, 6) is 0.0482. The minimum absolute atomic E-state index is 0.0279. The molecule has 9 nitrogen and oxygen atoms in total. The predicted octanol–water partition coefficient (Wildman–Crippen LogP) is 5.19. The van der Waals surface area contributed by atoms with Crippen LogP contribution < -0.4 is 15.0 Å². The second-order valence-corrected chi connectivity index (χ2v) is 13.3. The Morgan fingerprint density at radius 1 is 0.953 bits per heavy atom. The Balaban J connectivity index is 1.59. The molecule has 0 radical (unpaired) electrons. The molecule has 2 N–H and O–H groups in total. The highest BCUT2D eigenvalue weighted by molar-refractivity contribution is 7.89. The molecule has 1 aliphatic carbocycles. The number of fused-ring (bicyclic) bond motifs is 1. The molecule has 5 rings (SSSR count). The van der Waals surface area contributed by atoms with E-state index in [1.807, 2.05) is 30.5 Å². The summed E-state index contributed by atoms with van der Waals surface area (Å²) < 4.78 is 32.1. The number of carbonyl (C=O) groups is 2. The van der Waals surface area contributed by atoms with E-state index >= 15 is 0 Å². The Hall–Kier alpha value is -4.15. The normalized spacial score (nSPS) is 14.9. The van der Waals surface area contributed by atoms with E-state index < -0.39 is 16.1 Å². The molecule has 0 bridgehead atoms. The van der Waals surface area contributed by atoms with Crippen molar-refractivity contribution in [3.05, 3.63) is 90.1 Å². The van der Waals surface area contributed by atoms with Crippen LogP contribution >= 0.6 is 0 Å². The monoisotopic (exact) mass is 602 g/mol. The second-order valence-electron chi connectivity index (χ2n) is 11.1. The van der Waals surface area contributed by atoms with Gasteiger partial charge in [0.25, 0.3) is 0 Å². The number of aromatic amines is 1. The maximum Gasteiger partial charge on any atom is 0.248 e. The highest BCUT2D eigenvalue weighted by Gasteiger charge is 2.34. The van der Waals surface area contributed by atoms with Crippen LogP contribution in [0.3, 0.4) is 0 Å². The summed E-state index contributed by atoms with van der Waals surface area (Å²) >= 11 is 0. The third-order valence-electron chi connectivity index (χ3n) is 8.07. The Morgan fingerprint density at radius 2 is 1.63 bits per heavy atom. The van der Waals surface area contributed by atoms with Crippen molar-refractivity contribution in [3.8, 4) is 5.75 Å². The lowest BCUT2D eigenvalue weighted by molar-refractivity contribution is -0.127. The first-order chi connectivity index (χ1) is 20.7. The first kappa shape index (κ1) is 30.3. The van der Waals surface area contributed by atoms with Crippen molar-refractivity contribution in [2.75, 3.05) is 26.1 Å². The lowest BCUT2D eigenvalue weighted by atomic mass is 9.94. The third-order valence-corrected chi connectivity index (χ3v) is 9.90. The number of benzene rings is 3. The van der Waals surface area contributed by atoms with Gasteiger partial charge in [-0.15, -0.1) is 0 Å². The molecule has 3 aromatic carbocycles. The van der Waals surface area contributed by atoms with E-state index in [0.717, 1.165) is 52.9 Å². The largest absolute Gasteiger partial charge is 0.497 e. The number of para-hydroxylation sites is 1. The van der Waals surface area contributed by atoms with Crippen molar-refractivity contribution < 1.29 is 22.7 Å². The van der Waals surface area contributed by atoms with Gasteiger partial charge in [0.15, 0.2) is 0 Å². The zero-order valence-electron chi connectivity index (χ0n) is 24.7. The van der Waals surface area contributed by atoms with Crippen molar-refractivity contribution in [1.29, 1.82) is 0 Å². The minimum Gasteiger partial charge on any atom is -0.497 e. The maximum atomic E-state index is 14.4. The lowest BCUT2D eigenvalue weighted by Gasteiger charge is -2.33. The number of carbonyl (C=O) groups excluding carboxylic acids is 2. The summed E-state index contributed by atoms with van der Waals surface area (Å²) in [5, 5.41) is 4.14. The van der Waals surface area contributed by atoms with Crippen LogP contribution in [0.1, 0.15) is 49.3 Å². The zero-order chi connectivity index (χ0) is 30.6. The Bertz CT molecular complexity index is 1670. The number of rotatable bonds is 10. The van der Waals surface area contributed by atoms with Crippen molar-refractivity contribution in [2.45, 2.75) is 55.5 Å². The summed E-state index contributed by atoms with van der Waals surface area (Å²) in [6.45, 7) is 0. The summed E-state index contributed by atoms with van der Waals surface area (Å²) in [4.78, 5) is 33.3. The smallest absolute Gasteiger partial charge is 0.248 e. The molecule has 4 aromatic rings. The Kier molecular flexibility index (Phi) is 9.17. The van der Waals surface area contributed by atoms with Gasteiger partial charge in [-0.25, -0.2) is 12.7 Å². The quantitative estimate of drug-likeness (QED) is 0.259. The third kappa shape index (κ3) is 6.60. The molecule has 0 aliphatic heterocycles. The highest BCUT2D eigenvalue weighted by Crippen LogP contribution is 2.32. The molecule has 1 saturated carbocycles. The fourth-order valence-electron chi connectivity index (χ4n) is 5.68. The molecule has 0 saturated heterocycles. The van der Waals surface area contributed by atoms with Gasteiger partial charge in [-0.1, -0.05) is 49.6 Å². The molecule has 2 amide bonds. The molecule has 1 fully saturated rings. The van der Waals surface area contributed by atoms with Crippen LogP contribution in [0.5, 0.6) is 5.75 Å². The van der Waals surface area contributed by atoms with Crippen molar-refractivity contribution in [3.63, 3.8) is 0 Å². The number of H-pyrrole nitrogens is 1. The fourth-order valence-corrected chi connectivity index (χ4v) is 6.59. The van der Waals surface area contributed by atoms with E-state index in [0.29, 0.717) is 17.0 Å². The minimum atomic E-state index is -3.69. The van der Waals surface area contributed by atoms with E-state index in [1.165, 1.54) is 31.1 Å². The van der Waals surface area contributed by atoms with Gasteiger partial charge in [-0.3, -0.25) is 14.5 Å². The van der Waals surface area contributed by atoms with Crippen LogP contribution in [0.2, 0.25) is 0 Å². The molecule has 1 heterocycles. The summed E-state index contributed by atoms with van der Waals surface area (Å²) in [7, 11) is 0.820. The molecule has 1 unspecified atom stereocenters. The van der Waals surface area contributed by atoms with E-state index in [4.69, 9.17) is 4.74 Å². The molecule has 226 valence electrons. The number of sulfonamides is 1. The average Bonchev–Trinajstić information content (AvgIpc) is 3.42. The number of anilines is 1. The van der Waals surface area contributed by atoms with Gasteiger partial charge >= 0.3 is 0 Å². The number of amides is 2. The van der Waals surface area contributed by atoms with Gasteiger partial charge in [-0.05, 0) is 66.4 Å². The number of aromatic nitrogens is 1. The summed E-state index contributed by atoms with van der Waals surface area (Å²) in [6.07, 6.45) is 6.87. The highest BCUT2D eigenvalue weighted by atomic mass is 32.2. The van der Waals surface area contributed by atoms with Crippen LogP contribution in [0.4, 0.5) is 5.69 Å². The van der Waals surface area contributed by atoms with Gasteiger partial charge in [0, 0.05) is 42.9 Å². The van der Waals surface area contributed by atoms with Gasteiger partial charge in [0.1, 0.15) is 11.8 Å². The number of nitrogens with zero attached hydrogens (tertiary/aromatic N) is 2. The standard InChI is InChI=1S/C33H38N4O5S/c1-36(2)43(40,41)28-19-15-26(16-20-28)37(31(38)21-24-22-34-30-12-8-7-11-29(24)30)32(23-13-17-27(42-3)18-14-23)33(39)35-25-9-5-4-6-10-25/h7-8,11-20,22,25,32,34H,4-6,9-10,21H2,1-3H3,(H,35,39). The second kappa shape index (κ2) is 13.0. The van der Waals surface area contributed by atoms with Crippen LogP contribution in [0.25, 0.3) is 10.9 Å². The van der Waals surface area contributed by atoms with E-state index in [2.05, 4.69) is 10.3 Å². The molecular weight excluding hydrogens is 564 g/mol. The molecule has 10 heteroatoms. The molecule has 1 atom stereocenters. The number of nitrogens with one attached hydrogen (secondary N) is 2. The molecule has 1 aromatic heterocycles. The first-order valence-electron chi connectivity index (χ1n) is 14.5. The molecule has 1 aliphatic rings. The summed E-state index contributed by atoms with van der Waals surface area (Å²) in [6, 6.07) is 20.0. The van der Waals surface area contributed by atoms with Gasteiger partial charge < -0.3 is 15.0 Å². The maximum absolute atomic E-state index is 14.4. The topological polar surface area (TPSA) is 112 Å². The lowest BCUT2D eigenvalue weighted by Crippen LogP contribution is -2.47. The Morgan fingerprint density at radius 3 is 2.28 bits per heavy atom. The number of methoxy groups -OCH3 is 1. The van der Waals surface area contributed by atoms with Crippen LogP contribution in [-0.4, -0.2) is 56.8 Å². The molecule has 0 spiro atoms. The van der Waals surface area contributed by atoms with E-state index in [-0.39, 0.29) is 29.2 Å². The first-order valence-corrected chi connectivity index (χ1v) is 16.0. The number of hydrogen-bond acceptors (Lipinski definition) is 5. The molecular formula is C33H38N4O5S. The van der Waals surface area contributed by atoms with Gasteiger partial charge in [0.05, 0.1) is 18.4 Å². The van der Waals surface area contributed by atoms with Crippen molar-refractivity contribution in [2.24, 2.45) is 0 Å². The van der Waals surface area contributed by atoms with Crippen LogP contribution in [0, 0.1) is 0 Å².